The van der Waals surface area contributed by atoms with Gasteiger partial charge in [-0.1, -0.05) is 0 Å². The lowest BCUT2D eigenvalue weighted by atomic mass is 10.1. The number of sulfonamides is 1. The smallest absolute Gasteiger partial charge is 0.293 e. The molecule has 0 aliphatic carbocycles. The van der Waals surface area contributed by atoms with Crippen LogP contribution in [0.15, 0.2) is 41.4 Å². The van der Waals surface area contributed by atoms with E-state index in [-0.39, 0.29) is 29.5 Å². The zero-order valence-electron chi connectivity index (χ0n) is 16.8. The second-order valence-corrected chi connectivity index (χ2v) is 8.69. The molecule has 31 heavy (non-hydrogen) atoms. The lowest BCUT2D eigenvalue weighted by Crippen LogP contribution is -2.31. The maximum absolute atomic E-state index is 12.4. The van der Waals surface area contributed by atoms with Gasteiger partial charge in [0.1, 0.15) is 5.69 Å². The van der Waals surface area contributed by atoms with E-state index in [1.54, 1.807) is 18.3 Å². The van der Waals surface area contributed by atoms with Gasteiger partial charge in [-0.25, -0.2) is 18.5 Å². The summed E-state index contributed by atoms with van der Waals surface area (Å²) >= 11 is 0. The van der Waals surface area contributed by atoms with E-state index >= 15 is 0 Å². The first-order chi connectivity index (χ1) is 14.8. The number of nitrogens with two attached hydrogens (primary N) is 1. The lowest BCUT2D eigenvalue weighted by Gasteiger charge is -2.29. The van der Waals surface area contributed by atoms with Gasteiger partial charge in [0.15, 0.2) is 5.82 Å². The number of nitrogens with one attached hydrogen (secondary N) is 2. The third-order valence-electron chi connectivity index (χ3n) is 4.88. The second kappa shape index (κ2) is 9.71. The minimum absolute atomic E-state index is 0.0441. The molecule has 12 heteroatoms. The Bertz CT molecular complexity index is 1070. The van der Waals surface area contributed by atoms with Crippen LogP contribution in [0.1, 0.15) is 25.7 Å². The van der Waals surface area contributed by atoms with E-state index in [4.69, 9.17) is 5.14 Å². The molecular formula is C19H24N6O5S. The van der Waals surface area contributed by atoms with E-state index in [1.807, 2.05) is 0 Å². The number of carbonyl (C=O) groups excluding carboxylic acids is 1. The topological polar surface area (TPSA) is 161 Å². The third-order valence-corrected chi connectivity index (χ3v) is 5.79. The number of primary sulfonamides is 1. The van der Waals surface area contributed by atoms with E-state index in [0.717, 1.165) is 37.8 Å². The van der Waals surface area contributed by atoms with Crippen molar-refractivity contribution in [2.45, 2.75) is 30.6 Å². The number of amides is 1. The van der Waals surface area contributed by atoms with Crippen molar-refractivity contribution >= 4 is 38.8 Å². The van der Waals surface area contributed by atoms with Crippen LogP contribution < -0.4 is 20.7 Å². The van der Waals surface area contributed by atoms with Crippen LogP contribution >= 0.6 is 0 Å². The summed E-state index contributed by atoms with van der Waals surface area (Å²) in [6.07, 6.45) is 5.07. The number of hydrogen-bond donors (Lipinski definition) is 3. The molecule has 1 aliphatic rings. The average molecular weight is 449 g/mol. The van der Waals surface area contributed by atoms with Crippen LogP contribution in [0.4, 0.5) is 22.9 Å². The number of rotatable bonds is 8. The fourth-order valence-electron chi connectivity index (χ4n) is 3.36. The van der Waals surface area contributed by atoms with Gasteiger partial charge in [-0.05, 0) is 43.5 Å². The normalized spacial score (nSPS) is 14.2. The number of carbonyl (C=O) groups is 1. The first kappa shape index (κ1) is 22.4. The quantitative estimate of drug-likeness (QED) is 0.408. The van der Waals surface area contributed by atoms with E-state index in [2.05, 4.69) is 20.5 Å². The number of pyridine rings is 1. The number of nitro groups is 1. The zero-order valence-corrected chi connectivity index (χ0v) is 17.6. The number of aromatic nitrogens is 1. The Morgan fingerprint density at radius 2 is 1.94 bits per heavy atom. The number of piperidine rings is 1. The van der Waals surface area contributed by atoms with Gasteiger partial charge in [0.2, 0.25) is 15.9 Å². The third kappa shape index (κ3) is 5.89. The maximum atomic E-state index is 12.4. The molecule has 0 unspecified atom stereocenters. The predicted molar refractivity (Wildman–Crippen MR) is 117 cm³/mol. The molecule has 1 aliphatic heterocycles. The van der Waals surface area contributed by atoms with E-state index in [1.165, 1.54) is 18.6 Å². The Morgan fingerprint density at radius 3 is 2.61 bits per heavy atom. The number of nitrogens with zero attached hydrogens (tertiary/aromatic N) is 3. The zero-order chi connectivity index (χ0) is 22.4. The minimum Gasteiger partial charge on any atom is -0.379 e. The molecule has 0 radical (unpaired) electrons. The summed E-state index contributed by atoms with van der Waals surface area (Å²) in [5.74, 6) is 0.459. The van der Waals surface area contributed by atoms with Crippen LogP contribution in [0.3, 0.4) is 0 Å². The Balaban J connectivity index is 1.62. The number of hydrogen-bond acceptors (Lipinski definition) is 8. The molecule has 1 aromatic heterocycles. The molecule has 11 nitrogen and oxygen atoms in total. The van der Waals surface area contributed by atoms with Gasteiger partial charge in [-0.15, -0.1) is 0 Å². The summed E-state index contributed by atoms with van der Waals surface area (Å²) in [6.45, 7) is 1.89. The largest absolute Gasteiger partial charge is 0.379 e. The molecule has 1 saturated heterocycles. The molecule has 2 aromatic rings. The number of benzene rings is 1. The van der Waals surface area contributed by atoms with Crippen molar-refractivity contribution in [3.8, 4) is 0 Å². The monoisotopic (exact) mass is 448 g/mol. The molecule has 0 bridgehead atoms. The van der Waals surface area contributed by atoms with E-state index < -0.39 is 20.6 Å². The van der Waals surface area contributed by atoms with Crippen molar-refractivity contribution in [2.75, 3.05) is 35.2 Å². The van der Waals surface area contributed by atoms with Gasteiger partial charge in [-0.2, -0.15) is 0 Å². The fourth-order valence-corrected chi connectivity index (χ4v) is 3.90. The van der Waals surface area contributed by atoms with Gasteiger partial charge >= 0.3 is 0 Å². The average Bonchev–Trinajstić information content (AvgIpc) is 2.74. The van der Waals surface area contributed by atoms with Crippen molar-refractivity contribution in [3.63, 3.8) is 0 Å². The molecule has 2 heterocycles. The molecule has 1 amide bonds. The second-order valence-electron chi connectivity index (χ2n) is 7.13. The van der Waals surface area contributed by atoms with Crippen molar-refractivity contribution in [3.05, 3.63) is 46.6 Å². The highest BCUT2D eigenvalue weighted by Gasteiger charge is 2.20. The molecule has 3 rings (SSSR count). The van der Waals surface area contributed by atoms with Crippen molar-refractivity contribution in [1.29, 1.82) is 0 Å². The van der Waals surface area contributed by atoms with Crippen LogP contribution in [-0.4, -0.2) is 43.9 Å². The van der Waals surface area contributed by atoms with Gasteiger partial charge in [0, 0.05) is 38.3 Å². The predicted octanol–water partition coefficient (Wildman–Crippen LogP) is 2.07. The van der Waals surface area contributed by atoms with Crippen LogP contribution in [0.2, 0.25) is 0 Å². The Hall–Kier alpha value is -3.25. The standard InChI is InChI=1S/C19H24N6O5S/c20-31(29,30)14-6-7-15(17(13-14)25(27)28)21-10-8-18(26)23-16-5-4-9-22-19(16)24-11-2-1-3-12-24/h4-7,9,13,21H,1-3,8,10-12H2,(H,23,26)(H2,20,29,30). The molecule has 1 fully saturated rings. The Kier molecular flexibility index (Phi) is 7.02. The molecule has 0 saturated carbocycles. The SMILES string of the molecule is NS(=O)(=O)c1ccc(NCCC(=O)Nc2cccnc2N2CCCCC2)c([N+](=O)[O-])c1. The summed E-state index contributed by atoms with van der Waals surface area (Å²) in [6, 6.07) is 6.85. The van der Waals surface area contributed by atoms with Crippen LogP contribution in [-0.2, 0) is 14.8 Å². The van der Waals surface area contributed by atoms with E-state index in [9.17, 15) is 23.3 Å². The van der Waals surface area contributed by atoms with Gasteiger partial charge in [0.05, 0.1) is 15.5 Å². The summed E-state index contributed by atoms with van der Waals surface area (Å²) < 4.78 is 22.8. The van der Waals surface area contributed by atoms with Crippen LogP contribution in [0, 0.1) is 10.1 Å². The highest BCUT2D eigenvalue weighted by molar-refractivity contribution is 7.89. The summed E-state index contributed by atoms with van der Waals surface area (Å²) in [7, 11) is -4.06. The summed E-state index contributed by atoms with van der Waals surface area (Å²) in [4.78, 5) is 29.2. The van der Waals surface area contributed by atoms with Gasteiger partial charge in [-0.3, -0.25) is 14.9 Å². The van der Waals surface area contributed by atoms with Crippen LogP contribution in [0.25, 0.3) is 0 Å². The number of anilines is 3. The van der Waals surface area contributed by atoms with Crippen molar-refractivity contribution in [1.82, 2.24) is 4.98 Å². The Morgan fingerprint density at radius 1 is 1.19 bits per heavy atom. The fraction of sp³-hybridized carbons (Fsp3) is 0.368. The summed E-state index contributed by atoms with van der Waals surface area (Å²) in [5, 5.41) is 21.9. The van der Waals surface area contributed by atoms with Crippen molar-refractivity contribution in [2.24, 2.45) is 5.14 Å². The maximum Gasteiger partial charge on any atom is 0.293 e. The van der Waals surface area contributed by atoms with E-state index in [0.29, 0.717) is 5.69 Å². The van der Waals surface area contributed by atoms with Crippen LogP contribution in [0.5, 0.6) is 0 Å². The highest BCUT2D eigenvalue weighted by atomic mass is 32.2. The lowest BCUT2D eigenvalue weighted by molar-refractivity contribution is -0.384. The highest BCUT2D eigenvalue weighted by Crippen LogP contribution is 2.28. The van der Waals surface area contributed by atoms with Crippen molar-refractivity contribution < 1.29 is 18.1 Å². The minimum atomic E-state index is -4.06. The molecule has 0 atom stereocenters. The molecule has 1 aromatic carbocycles. The number of nitro benzene ring substituents is 1. The molecule has 166 valence electrons. The first-order valence-corrected chi connectivity index (χ1v) is 11.4. The molecular weight excluding hydrogens is 424 g/mol. The molecule has 4 N–H and O–H groups in total. The first-order valence-electron chi connectivity index (χ1n) is 9.80. The summed E-state index contributed by atoms with van der Waals surface area (Å²) in [5.41, 5.74) is 0.282. The van der Waals surface area contributed by atoms with Gasteiger partial charge < -0.3 is 15.5 Å². The van der Waals surface area contributed by atoms with Gasteiger partial charge in [0.25, 0.3) is 5.69 Å². The Labute approximate surface area is 179 Å². The molecule has 0 spiro atoms.